The molecule has 6 aromatic rings. The van der Waals surface area contributed by atoms with E-state index in [0.29, 0.717) is 0 Å². The summed E-state index contributed by atoms with van der Waals surface area (Å²) in [5.41, 5.74) is -0.0118. The average molecular weight is 1070 g/mol. The van der Waals surface area contributed by atoms with Crippen LogP contribution in [0.1, 0.15) is 81.9 Å². The van der Waals surface area contributed by atoms with Crippen molar-refractivity contribution in [2.24, 2.45) is 0 Å². The molecule has 0 aromatic heterocycles. The number of halogens is 1. The van der Waals surface area contributed by atoms with E-state index in [-0.39, 0.29) is 52.0 Å². The van der Waals surface area contributed by atoms with Gasteiger partial charge in [0.1, 0.15) is 24.6 Å². The van der Waals surface area contributed by atoms with Crippen molar-refractivity contribution in [2.45, 2.75) is 81.2 Å². The zero-order valence-corrected chi connectivity index (χ0v) is 41.6. The molecule has 0 bridgehead atoms. The minimum Gasteiger partial charge on any atom is -0.463 e. The summed E-state index contributed by atoms with van der Waals surface area (Å²) in [6.45, 7) is -0.380. The van der Waals surface area contributed by atoms with Gasteiger partial charge < -0.3 is 52.2 Å². The van der Waals surface area contributed by atoms with E-state index in [4.69, 9.17) is 47.4 Å². The molecule has 18 nitrogen and oxygen atoms in total. The Bertz CT molecular complexity index is 3000. The van der Waals surface area contributed by atoms with Gasteiger partial charge >= 0.3 is 41.8 Å². The summed E-state index contributed by atoms with van der Waals surface area (Å²) in [4.78, 5) is 109. The molecule has 10 atom stereocenters. The molecule has 2 aliphatic heterocycles. The third kappa shape index (κ3) is 14.5. The number of carbonyl (C=O) groups is 8. The van der Waals surface area contributed by atoms with Crippen LogP contribution in [0.25, 0.3) is 0 Å². The van der Waals surface area contributed by atoms with Crippen LogP contribution in [-0.2, 0) is 57.0 Å². The van der Waals surface area contributed by atoms with Crippen molar-refractivity contribution in [3.63, 3.8) is 0 Å². The maximum absolute atomic E-state index is 17.0. The van der Waals surface area contributed by atoms with Crippen molar-refractivity contribution in [2.75, 3.05) is 13.2 Å². The fourth-order valence-electron chi connectivity index (χ4n) is 8.26. The van der Waals surface area contributed by atoms with E-state index in [0.717, 1.165) is 0 Å². The summed E-state index contributed by atoms with van der Waals surface area (Å²) >= 11 is 0. The summed E-state index contributed by atoms with van der Waals surface area (Å²) < 4.78 is 77.2. The minimum absolute atomic E-state index is 0.00113. The van der Waals surface area contributed by atoms with Gasteiger partial charge in [0.25, 0.3) is 0 Å². The van der Waals surface area contributed by atoms with Gasteiger partial charge in [-0.15, -0.1) is 0 Å². The minimum atomic E-state index is -2.63. The predicted octanol–water partition coefficient (Wildman–Crippen LogP) is 7.69. The first-order valence-electron chi connectivity index (χ1n) is 24.6. The fraction of sp³-hybridized carbons (Fsp3) is 0.254. The van der Waals surface area contributed by atoms with E-state index >= 15 is 4.39 Å². The van der Waals surface area contributed by atoms with Crippen LogP contribution < -0.4 is 0 Å². The molecule has 2 heterocycles. The van der Waals surface area contributed by atoms with Crippen LogP contribution >= 0.6 is 0 Å². The number of ketones is 1. The molecular formula is C59H51FO18. The number of alkyl halides is 1. The van der Waals surface area contributed by atoms with Gasteiger partial charge in [0.15, 0.2) is 42.9 Å². The number of esters is 7. The summed E-state index contributed by atoms with van der Waals surface area (Å²) in [5, 5.41) is 0. The molecule has 2 aliphatic rings. The lowest BCUT2D eigenvalue weighted by Crippen LogP contribution is -2.64. The number of benzene rings is 6. The molecule has 0 spiro atoms. The van der Waals surface area contributed by atoms with Gasteiger partial charge in [-0.1, -0.05) is 109 Å². The molecule has 78 heavy (non-hydrogen) atoms. The number of carbonyl (C=O) groups excluding carboxylic acids is 8. The number of hydrogen-bond acceptors (Lipinski definition) is 18. The first kappa shape index (κ1) is 55.3. The smallest absolute Gasteiger partial charge is 0.338 e. The predicted molar refractivity (Wildman–Crippen MR) is 269 cm³/mol. The van der Waals surface area contributed by atoms with Gasteiger partial charge in [-0.25, -0.2) is 33.2 Å². The van der Waals surface area contributed by atoms with E-state index in [2.05, 4.69) is 0 Å². The molecule has 6 aromatic carbocycles. The zero-order valence-electron chi connectivity index (χ0n) is 41.6. The normalized spacial score (nSPS) is 22.5. The maximum atomic E-state index is 17.0. The quantitative estimate of drug-likeness (QED) is 0.0527. The lowest BCUT2D eigenvalue weighted by Gasteiger charge is -2.45. The summed E-state index contributed by atoms with van der Waals surface area (Å²) in [7, 11) is 0. The molecule has 402 valence electrons. The second kappa shape index (κ2) is 26.7. The molecule has 19 heteroatoms. The largest absolute Gasteiger partial charge is 0.463 e. The maximum Gasteiger partial charge on any atom is 0.338 e. The Balaban J connectivity index is 1.20. The standard InChI is InChI=1S/C59H51FO18/c1-36(61)32-33-45(62)69-34-44-47(74-54(64)38-22-10-3-11-23-38)49(76-56(66)40-26-14-5-15-27-40)51(78-58(68)42-30-18-7-19-31-42)59(72-44)70-35-43-46(73-53(63)37-20-8-2-9-21-37)48(75-55(65)39-24-12-4-13-25-39)50(52(60)71-43)77-57(67)41-28-16-6-17-29-41/h2-31,43-44,46-52,59H,32-35H2,1H3/t43-,44-,46+,47+,48+,49+,50-,51-,52?,59-/m1/s1. The van der Waals surface area contributed by atoms with Gasteiger partial charge in [-0.2, -0.15) is 0 Å². The van der Waals surface area contributed by atoms with Crippen molar-refractivity contribution in [1.82, 2.24) is 0 Å². The third-order valence-electron chi connectivity index (χ3n) is 12.2. The topological polar surface area (TPSA) is 229 Å². The summed E-state index contributed by atoms with van der Waals surface area (Å²) in [5.74, 6) is -7.32. The monoisotopic (exact) mass is 1070 g/mol. The van der Waals surface area contributed by atoms with Gasteiger partial charge in [-0.3, -0.25) is 4.79 Å². The second-order valence-corrected chi connectivity index (χ2v) is 17.7. The molecule has 0 aliphatic carbocycles. The second-order valence-electron chi connectivity index (χ2n) is 17.7. The third-order valence-corrected chi connectivity index (χ3v) is 12.2. The van der Waals surface area contributed by atoms with Crippen LogP contribution in [0, 0.1) is 0 Å². The van der Waals surface area contributed by atoms with Gasteiger partial charge in [0.05, 0.1) is 46.4 Å². The van der Waals surface area contributed by atoms with Crippen molar-refractivity contribution in [1.29, 1.82) is 0 Å². The number of hydrogen-bond donors (Lipinski definition) is 0. The SMILES string of the molecule is CC(=O)CCC(=O)OC[C@H]1O[C@@H](OC[C@H]2OC(F)[C@H](OC(=O)c3ccccc3)[C@@H](OC(=O)c3ccccc3)[C@H]2OC(=O)c2ccccc2)[C@H](OC(=O)c2ccccc2)[C@@H](OC(=O)c2ccccc2)[C@H]1OC(=O)c1ccccc1. The van der Waals surface area contributed by atoms with Crippen molar-refractivity contribution < 1.29 is 90.1 Å². The first-order chi connectivity index (χ1) is 37.8. The van der Waals surface area contributed by atoms with E-state index < -0.39 is 116 Å². The van der Waals surface area contributed by atoms with E-state index in [1.165, 1.54) is 104 Å². The van der Waals surface area contributed by atoms with E-state index in [1.807, 2.05) is 0 Å². The van der Waals surface area contributed by atoms with E-state index in [9.17, 15) is 38.4 Å². The lowest BCUT2D eigenvalue weighted by atomic mass is 9.97. The van der Waals surface area contributed by atoms with Crippen LogP contribution in [-0.4, -0.2) is 122 Å². The summed E-state index contributed by atoms with van der Waals surface area (Å²) in [6, 6.07) is 45.4. The molecule has 1 unspecified atom stereocenters. The number of Topliss-reactive ketones (excluding diaryl/α,β-unsaturated/α-hetero) is 1. The highest BCUT2D eigenvalue weighted by Crippen LogP contribution is 2.35. The van der Waals surface area contributed by atoms with Gasteiger partial charge in [0.2, 0.25) is 6.36 Å². The zero-order chi connectivity index (χ0) is 55.0. The highest BCUT2D eigenvalue weighted by atomic mass is 19.1. The highest BCUT2D eigenvalue weighted by Gasteiger charge is 2.56. The van der Waals surface area contributed by atoms with Crippen LogP contribution in [0.2, 0.25) is 0 Å². The Morgan fingerprint density at radius 1 is 0.372 bits per heavy atom. The van der Waals surface area contributed by atoms with E-state index in [1.54, 1.807) is 84.9 Å². The molecule has 2 fully saturated rings. The Morgan fingerprint density at radius 3 is 1.01 bits per heavy atom. The first-order valence-corrected chi connectivity index (χ1v) is 24.6. The van der Waals surface area contributed by atoms with Crippen LogP contribution in [0.15, 0.2) is 182 Å². The van der Waals surface area contributed by atoms with Crippen molar-refractivity contribution in [3.05, 3.63) is 215 Å². The lowest BCUT2D eigenvalue weighted by molar-refractivity contribution is -0.317. The Kier molecular flexibility index (Phi) is 19.0. The highest BCUT2D eigenvalue weighted by molar-refractivity contribution is 5.93. The molecule has 2 saturated heterocycles. The molecular weight excluding hydrogens is 1020 g/mol. The number of rotatable bonds is 20. The van der Waals surface area contributed by atoms with Crippen molar-refractivity contribution >= 4 is 47.6 Å². The molecule has 0 radical (unpaired) electrons. The fourth-order valence-corrected chi connectivity index (χ4v) is 8.26. The van der Waals surface area contributed by atoms with Crippen molar-refractivity contribution in [3.8, 4) is 0 Å². The molecule has 0 saturated carbocycles. The average Bonchev–Trinajstić information content (AvgIpc) is 3.47. The van der Waals surface area contributed by atoms with Crippen LogP contribution in [0.3, 0.4) is 0 Å². The summed E-state index contributed by atoms with van der Waals surface area (Å²) in [6.07, 6.45) is -20.1. The number of ether oxygens (including phenoxy) is 10. The Morgan fingerprint density at radius 2 is 0.667 bits per heavy atom. The van der Waals surface area contributed by atoms with Crippen LogP contribution in [0.4, 0.5) is 4.39 Å². The molecule has 0 N–H and O–H groups in total. The van der Waals surface area contributed by atoms with Gasteiger partial charge in [-0.05, 0) is 79.7 Å². The Hall–Kier alpha value is -8.91. The molecule has 0 amide bonds. The Labute approximate surface area is 446 Å². The molecule has 8 rings (SSSR count). The van der Waals surface area contributed by atoms with Crippen LogP contribution in [0.5, 0.6) is 0 Å². The van der Waals surface area contributed by atoms with Gasteiger partial charge in [0, 0.05) is 6.42 Å².